The van der Waals surface area contributed by atoms with Crippen LogP contribution >= 0.6 is 0 Å². The number of hydrogen-bond donors (Lipinski definition) is 1. The molecule has 1 heterocycles. The maximum absolute atomic E-state index is 12.1. The molecule has 0 saturated carbocycles. The third kappa shape index (κ3) is 4.24. The molecule has 0 unspecified atom stereocenters. The molecular weight excluding hydrogens is 312 g/mol. The highest BCUT2D eigenvalue weighted by Crippen LogP contribution is 2.15. The second kappa shape index (κ2) is 6.90. The fourth-order valence-corrected chi connectivity index (χ4v) is 2.39. The van der Waals surface area contributed by atoms with Gasteiger partial charge in [-0.2, -0.15) is 0 Å². The van der Waals surface area contributed by atoms with E-state index in [-0.39, 0.29) is 18.1 Å². The number of aromatic nitrogens is 2. The van der Waals surface area contributed by atoms with Gasteiger partial charge in [-0.1, -0.05) is 0 Å². The highest BCUT2D eigenvalue weighted by molar-refractivity contribution is 5.93. The summed E-state index contributed by atoms with van der Waals surface area (Å²) in [4.78, 5) is 38.2. The van der Waals surface area contributed by atoms with Crippen LogP contribution in [0.15, 0.2) is 23.0 Å². The zero-order chi connectivity index (χ0) is 17.9. The number of esters is 2. The van der Waals surface area contributed by atoms with Crippen LogP contribution in [-0.2, 0) is 20.8 Å². The van der Waals surface area contributed by atoms with Crippen LogP contribution in [0, 0.1) is 0 Å². The van der Waals surface area contributed by atoms with Crippen LogP contribution in [0.25, 0.3) is 11.0 Å². The molecule has 130 valence electrons. The molecule has 0 aliphatic heterocycles. The lowest BCUT2D eigenvalue weighted by atomic mass is 10.2. The standard InChI is InChI=1S/C17H22N2O5/c1-17(2,3)24-14(20)6-5-9-19-13-10-11(15(21)23-4)7-8-12(13)18-16(19)22/h7-8,10H,5-6,9H2,1-4H3,(H,18,22). The molecule has 1 aromatic carbocycles. The molecular formula is C17H22N2O5. The summed E-state index contributed by atoms with van der Waals surface area (Å²) in [5.74, 6) is -0.767. The van der Waals surface area contributed by atoms with Crippen molar-refractivity contribution in [3.8, 4) is 0 Å². The van der Waals surface area contributed by atoms with Crippen molar-refractivity contribution in [3.05, 3.63) is 34.2 Å². The third-order valence-electron chi connectivity index (χ3n) is 3.38. The summed E-state index contributed by atoms with van der Waals surface area (Å²) >= 11 is 0. The fourth-order valence-electron chi connectivity index (χ4n) is 2.39. The third-order valence-corrected chi connectivity index (χ3v) is 3.38. The van der Waals surface area contributed by atoms with E-state index in [9.17, 15) is 14.4 Å². The van der Waals surface area contributed by atoms with Gasteiger partial charge in [-0.15, -0.1) is 0 Å². The molecule has 0 bridgehead atoms. The largest absolute Gasteiger partial charge is 0.465 e. The van der Waals surface area contributed by atoms with Gasteiger partial charge in [-0.05, 0) is 45.4 Å². The summed E-state index contributed by atoms with van der Waals surface area (Å²) in [6.45, 7) is 5.78. The molecule has 1 N–H and O–H groups in total. The Kier molecular flexibility index (Phi) is 5.11. The second-order valence-corrected chi connectivity index (χ2v) is 6.50. The van der Waals surface area contributed by atoms with Crippen molar-refractivity contribution in [2.75, 3.05) is 7.11 Å². The van der Waals surface area contributed by atoms with Gasteiger partial charge < -0.3 is 14.5 Å². The van der Waals surface area contributed by atoms with Gasteiger partial charge in [-0.3, -0.25) is 9.36 Å². The first kappa shape index (κ1) is 17.8. The highest BCUT2D eigenvalue weighted by atomic mass is 16.6. The smallest absolute Gasteiger partial charge is 0.337 e. The number of hydrogen-bond acceptors (Lipinski definition) is 5. The maximum atomic E-state index is 12.1. The van der Waals surface area contributed by atoms with Crippen molar-refractivity contribution in [2.45, 2.75) is 45.8 Å². The number of carbonyl (C=O) groups is 2. The summed E-state index contributed by atoms with van der Waals surface area (Å²) in [6, 6.07) is 4.86. The number of rotatable bonds is 5. The second-order valence-electron chi connectivity index (χ2n) is 6.50. The maximum Gasteiger partial charge on any atom is 0.337 e. The van der Waals surface area contributed by atoms with Crippen LogP contribution in [0.1, 0.15) is 44.0 Å². The van der Waals surface area contributed by atoms with Crippen LogP contribution in [0.2, 0.25) is 0 Å². The van der Waals surface area contributed by atoms with Gasteiger partial charge >= 0.3 is 17.6 Å². The summed E-state index contributed by atoms with van der Waals surface area (Å²) in [5.41, 5.74) is 0.794. The molecule has 0 radical (unpaired) electrons. The Morgan fingerprint density at radius 2 is 1.96 bits per heavy atom. The molecule has 2 rings (SSSR count). The number of fused-ring (bicyclic) bond motifs is 1. The summed E-state index contributed by atoms with van der Waals surface area (Å²) in [5, 5.41) is 0. The average molecular weight is 334 g/mol. The SMILES string of the molecule is COC(=O)c1ccc2[nH]c(=O)n(CCCC(=O)OC(C)(C)C)c2c1. The van der Waals surface area contributed by atoms with Crippen molar-refractivity contribution >= 4 is 23.0 Å². The Hall–Kier alpha value is -2.57. The Morgan fingerprint density at radius 1 is 1.25 bits per heavy atom. The number of aryl methyl sites for hydroxylation is 1. The Balaban J connectivity index is 2.14. The van der Waals surface area contributed by atoms with E-state index in [0.29, 0.717) is 29.6 Å². The van der Waals surface area contributed by atoms with E-state index < -0.39 is 11.6 Å². The van der Waals surface area contributed by atoms with E-state index in [4.69, 9.17) is 9.47 Å². The Labute approximate surface area is 139 Å². The van der Waals surface area contributed by atoms with Crippen molar-refractivity contribution in [1.29, 1.82) is 0 Å². The number of nitrogens with zero attached hydrogens (tertiary/aromatic N) is 1. The predicted molar refractivity (Wildman–Crippen MR) is 89.0 cm³/mol. The lowest BCUT2D eigenvalue weighted by Crippen LogP contribution is -2.24. The number of aromatic amines is 1. The normalized spacial score (nSPS) is 11.5. The number of ether oxygens (including phenoxy) is 2. The van der Waals surface area contributed by atoms with Crippen LogP contribution in [0.4, 0.5) is 0 Å². The molecule has 0 aliphatic rings. The van der Waals surface area contributed by atoms with E-state index in [1.54, 1.807) is 18.2 Å². The molecule has 0 saturated heterocycles. The van der Waals surface area contributed by atoms with Gasteiger partial charge in [0.1, 0.15) is 5.60 Å². The number of benzene rings is 1. The van der Waals surface area contributed by atoms with Crippen LogP contribution in [0.5, 0.6) is 0 Å². The minimum absolute atomic E-state index is 0.215. The van der Waals surface area contributed by atoms with E-state index in [1.165, 1.54) is 11.7 Å². The van der Waals surface area contributed by atoms with Gasteiger partial charge in [0.25, 0.3) is 0 Å². The molecule has 2 aromatic rings. The molecule has 7 nitrogen and oxygen atoms in total. The minimum atomic E-state index is -0.524. The number of methoxy groups -OCH3 is 1. The van der Waals surface area contributed by atoms with E-state index in [1.807, 2.05) is 20.8 Å². The molecule has 0 fully saturated rings. The van der Waals surface area contributed by atoms with Crippen LogP contribution in [0.3, 0.4) is 0 Å². The monoisotopic (exact) mass is 334 g/mol. The number of H-pyrrole nitrogens is 1. The zero-order valence-corrected chi connectivity index (χ0v) is 14.3. The van der Waals surface area contributed by atoms with Crippen LogP contribution < -0.4 is 5.69 Å². The van der Waals surface area contributed by atoms with Crippen molar-refractivity contribution < 1.29 is 19.1 Å². The van der Waals surface area contributed by atoms with Gasteiger partial charge in [0.2, 0.25) is 0 Å². The van der Waals surface area contributed by atoms with E-state index in [0.717, 1.165) is 0 Å². The van der Waals surface area contributed by atoms with Crippen LogP contribution in [-0.4, -0.2) is 34.2 Å². The van der Waals surface area contributed by atoms with Gasteiger partial charge in [0, 0.05) is 13.0 Å². The molecule has 0 spiro atoms. The van der Waals surface area contributed by atoms with E-state index >= 15 is 0 Å². The molecule has 0 atom stereocenters. The van der Waals surface area contributed by atoms with Gasteiger partial charge in [0.05, 0.1) is 23.7 Å². The minimum Gasteiger partial charge on any atom is -0.465 e. The first-order valence-electron chi connectivity index (χ1n) is 7.74. The first-order valence-corrected chi connectivity index (χ1v) is 7.74. The summed E-state index contributed by atoms with van der Waals surface area (Å²) < 4.78 is 11.4. The van der Waals surface area contributed by atoms with Gasteiger partial charge in [0.15, 0.2) is 0 Å². The zero-order valence-electron chi connectivity index (χ0n) is 14.3. The summed E-state index contributed by atoms with van der Waals surface area (Å²) in [6.07, 6.45) is 0.678. The molecule has 1 aromatic heterocycles. The van der Waals surface area contributed by atoms with Crippen molar-refractivity contribution in [2.24, 2.45) is 0 Å². The lowest BCUT2D eigenvalue weighted by Gasteiger charge is -2.19. The molecule has 24 heavy (non-hydrogen) atoms. The Bertz CT molecular complexity index is 810. The number of imidazole rings is 1. The Morgan fingerprint density at radius 3 is 2.58 bits per heavy atom. The molecule has 0 aliphatic carbocycles. The molecule has 0 amide bonds. The van der Waals surface area contributed by atoms with Crippen molar-refractivity contribution in [1.82, 2.24) is 9.55 Å². The number of carbonyl (C=O) groups excluding carboxylic acids is 2. The quantitative estimate of drug-likeness (QED) is 0.847. The highest BCUT2D eigenvalue weighted by Gasteiger charge is 2.16. The lowest BCUT2D eigenvalue weighted by molar-refractivity contribution is -0.154. The topological polar surface area (TPSA) is 90.4 Å². The fraction of sp³-hybridized carbons (Fsp3) is 0.471. The van der Waals surface area contributed by atoms with E-state index in [2.05, 4.69) is 4.98 Å². The average Bonchev–Trinajstić information content (AvgIpc) is 2.80. The van der Waals surface area contributed by atoms with Gasteiger partial charge in [-0.25, -0.2) is 9.59 Å². The summed E-state index contributed by atoms with van der Waals surface area (Å²) in [7, 11) is 1.30. The first-order chi connectivity index (χ1) is 11.2. The number of nitrogens with one attached hydrogen (secondary N) is 1. The predicted octanol–water partition coefficient (Wildman–Crippen LogP) is 2.24. The van der Waals surface area contributed by atoms with Crippen molar-refractivity contribution in [3.63, 3.8) is 0 Å². The molecule has 7 heteroatoms.